The van der Waals surface area contributed by atoms with Crippen molar-refractivity contribution < 1.29 is 0 Å². The van der Waals surface area contributed by atoms with Gasteiger partial charge in [-0.2, -0.15) is 0 Å². The maximum atomic E-state index is 4.67. The molecule has 102 valence electrons. The van der Waals surface area contributed by atoms with Gasteiger partial charge < -0.3 is 15.6 Å². The monoisotopic (exact) mass is 258 g/mol. The quantitative estimate of drug-likeness (QED) is 0.792. The molecule has 1 aliphatic rings. The normalized spacial score (nSPS) is 22.3. The summed E-state index contributed by atoms with van der Waals surface area (Å²) in [6, 6.07) is 9.07. The molecular formula is C15H22N4. The second kappa shape index (κ2) is 5.72. The molecule has 19 heavy (non-hydrogen) atoms. The lowest BCUT2D eigenvalue weighted by Crippen LogP contribution is -2.32. The molecule has 0 radical (unpaired) electrons. The van der Waals surface area contributed by atoms with E-state index < -0.39 is 0 Å². The van der Waals surface area contributed by atoms with Crippen molar-refractivity contribution in [3.63, 3.8) is 0 Å². The Morgan fingerprint density at radius 3 is 3.05 bits per heavy atom. The van der Waals surface area contributed by atoms with Gasteiger partial charge in [-0.25, -0.2) is 4.98 Å². The molecule has 1 saturated heterocycles. The molecule has 2 atom stereocenters. The first-order chi connectivity index (χ1) is 9.33. The molecule has 3 N–H and O–H groups in total. The number of hydrogen-bond acceptors (Lipinski definition) is 3. The SMILES string of the molecule is CC(NC1CCCNCC1)c1nc2ccccc2[nH]1. The summed E-state index contributed by atoms with van der Waals surface area (Å²) in [5.41, 5.74) is 2.17. The summed E-state index contributed by atoms with van der Waals surface area (Å²) in [5, 5.41) is 7.15. The number of benzene rings is 1. The zero-order valence-electron chi connectivity index (χ0n) is 11.4. The second-order valence-corrected chi connectivity index (χ2v) is 5.41. The predicted octanol–water partition coefficient (Wildman–Crippen LogP) is 2.36. The lowest BCUT2D eigenvalue weighted by Gasteiger charge is -2.20. The Morgan fingerprint density at radius 1 is 1.26 bits per heavy atom. The molecule has 0 aliphatic carbocycles. The van der Waals surface area contributed by atoms with Gasteiger partial charge in [0.15, 0.2) is 0 Å². The van der Waals surface area contributed by atoms with Crippen LogP contribution in [-0.4, -0.2) is 29.1 Å². The van der Waals surface area contributed by atoms with Crippen molar-refractivity contribution in [3.8, 4) is 0 Å². The van der Waals surface area contributed by atoms with Crippen molar-refractivity contribution in [2.75, 3.05) is 13.1 Å². The van der Waals surface area contributed by atoms with Crippen LogP contribution in [0.3, 0.4) is 0 Å². The smallest absolute Gasteiger partial charge is 0.124 e. The standard InChI is InChI=1S/C15H22N4/c1-11(17-12-5-4-9-16-10-8-12)15-18-13-6-2-3-7-14(13)19-15/h2-3,6-7,11-12,16-17H,4-5,8-10H2,1H3,(H,18,19). The van der Waals surface area contributed by atoms with Crippen LogP contribution in [0.4, 0.5) is 0 Å². The summed E-state index contributed by atoms with van der Waals surface area (Å²) in [4.78, 5) is 8.08. The van der Waals surface area contributed by atoms with E-state index in [1.54, 1.807) is 0 Å². The van der Waals surface area contributed by atoms with Crippen molar-refractivity contribution >= 4 is 11.0 Å². The van der Waals surface area contributed by atoms with Crippen molar-refractivity contribution in [1.82, 2.24) is 20.6 Å². The first-order valence-corrected chi connectivity index (χ1v) is 7.24. The Bertz CT molecular complexity index is 493. The number of rotatable bonds is 3. The Hall–Kier alpha value is -1.39. The van der Waals surface area contributed by atoms with Gasteiger partial charge in [0.1, 0.15) is 5.82 Å². The average molecular weight is 258 g/mol. The van der Waals surface area contributed by atoms with Crippen molar-refractivity contribution in [2.45, 2.75) is 38.3 Å². The highest BCUT2D eigenvalue weighted by molar-refractivity contribution is 5.74. The molecule has 2 aromatic rings. The van der Waals surface area contributed by atoms with Crippen LogP contribution in [0.15, 0.2) is 24.3 Å². The van der Waals surface area contributed by atoms with E-state index in [4.69, 9.17) is 0 Å². The third-order valence-corrected chi connectivity index (χ3v) is 3.88. The van der Waals surface area contributed by atoms with Crippen molar-refractivity contribution in [1.29, 1.82) is 0 Å². The lowest BCUT2D eigenvalue weighted by molar-refractivity contribution is 0.413. The minimum absolute atomic E-state index is 0.274. The van der Waals surface area contributed by atoms with E-state index in [0.717, 1.165) is 29.9 Å². The van der Waals surface area contributed by atoms with E-state index in [2.05, 4.69) is 39.7 Å². The number of fused-ring (bicyclic) bond motifs is 1. The van der Waals surface area contributed by atoms with Crippen molar-refractivity contribution in [3.05, 3.63) is 30.1 Å². The van der Waals surface area contributed by atoms with Gasteiger partial charge >= 0.3 is 0 Å². The highest BCUT2D eigenvalue weighted by atomic mass is 15.0. The van der Waals surface area contributed by atoms with Crippen molar-refractivity contribution in [2.24, 2.45) is 0 Å². The van der Waals surface area contributed by atoms with E-state index in [1.807, 2.05) is 12.1 Å². The maximum Gasteiger partial charge on any atom is 0.124 e. The van der Waals surface area contributed by atoms with Crippen LogP contribution in [0, 0.1) is 0 Å². The topological polar surface area (TPSA) is 52.7 Å². The zero-order valence-corrected chi connectivity index (χ0v) is 11.4. The van der Waals surface area contributed by atoms with Gasteiger partial charge in [0, 0.05) is 6.04 Å². The van der Waals surface area contributed by atoms with Gasteiger partial charge in [0.25, 0.3) is 0 Å². The van der Waals surface area contributed by atoms with E-state index in [-0.39, 0.29) is 6.04 Å². The summed E-state index contributed by atoms with van der Waals surface area (Å²) in [5.74, 6) is 1.04. The lowest BCUT2D eigenvalue weighted by atomic mass is 10.1. The van der Waals surface area contributed by atoms with Gasteiger partial charge in [-0.1, -0.05) is 12.1 Å². The fourth-order valence-corrected chi connectivity index (χ4v) is 2.80. The molecular weight excluding hydrogens is 236 g/mol. The molecule has 1 fully saturated rings. The van der Waals surface area contributed by atoms with Crippen LogP contribution in [0.2, 0.25) is 0 Å². The third kappa shape index (κ3) is 2.96. The fourth-order valence-electron chi connectivity index (χ4n) is 2.80. The number of nitrogens with one attached hydrogen (secondary N) is 3. The molecule has 2 unspecified atom stereocenters. The van der Waals surface area contributed by atoms with Gasteiger partial charge in [-0.15, -0.1) is 0 Å². The third-order valence-electron chi connectivity index (χ3n) is 3.88. The number of H-pyrrole nitrogens is 1. The zero-order chi connectivity index (χ0) is 13.1. The molecule has 1 aromatic carbocycles. The van der Waals surface area contributed by atoms with Crippen LogP contribution >= 0.6 is 0 Å². The fraction of sp³-hybridized carbons (Fsp3) is 0.533. The van der Waals surface area contributed by atoms with E-state index in [1.165, 1.54) is 19.3 Å². The first kappa shape index (κ1) is 12.6. The minimum Gasteiger partial charge on any atom is -0.341 e. The summed E-state index contributed by atoms with van der Waals surface area (Å²) in [6.45, 7) is 4.46. The van der Waals surface area contributed by atoms with Gasteiger partial charge in [0.2, 0.25) is 0 Å². The summed E-state index contributed by atoms with van der Waals surface area (Å²) in [6.07, 6.45) is 3.70. The Kier molecular flexibility index (Phi) is 3.80. The molecule has 1 aromatic heterocycles. The molecule has 1 aliphatic heterocycles. The van der Waals surface area contributed by atoms with Crippen LogP contribution in [0.25, 0.3) is 11.0 Å². The molecule has 0 amide bonds. The number of aromatic nitrogens is 2. The Morgan fingerprint density at radius 2 is 2.16 bits per heavy atom. The Balaban J connectivity index is 1.70. The van der Waals surface area contributed by atoms with E-state index in [9.17, 15) is 0 Å². The first-order valence-electron chi connectivity index (χ1n) is 7.24. The number of nitrogens with zero attached hydrogens (tertiary/aromatic N) is 1. The van der Waals surface area contributed by atoms with Crippen LogP contribution < -0.4 is 10.6 Å². The molecule has 4 nitrogen and oxygen atoms in total. The van der Waals surface area contributed by atoms with Gasteiger partial charge in [-0.3, -0.25) is 0 Å². The van der Waals surface area contributed by atoms with Crippen LogP contribution in [0.1, 0.15) is 38.1 Å². The molecule has 3 rings (SSSR count). The highest BCUT2D eigenvalue weighted by Gasteiger charge is 2.17. The largest absolute Gasteiger partial charge is 0.341 e. The van der Waals surface area contributed by atoms with Gasteiger partial charge in [-0.05, 0) is 51.4 Å². The predicted molar refractivity (Wildman–Crippen MR) is 78.2 cm³/mol. The number of hydrogen-bond donors (Lipinski definition) is 3. The Labute approximate surface area is 114 Å². The minimum atomic E-state index is 0.274. The molecule has 4 heteroatoms. The molecule has 0 saturated carbocycles. The number of para-hydroxylation sites is 2. The van der Waals surface area contributed by atoms with Crippen LogP contribution in [0.5, 0.6) is 0 Å². The second-order valence-electron chi connectivity index (χ2n) is 5.41. The summed E-state index contributed by atoms with van der Waals surface area (Å²) >= 11 is 0. The molecule has 0 spiro atoms. The van der Waals surface area contributed by atoms with E-state index in [0.29, 0.717) is 6.04 Å². The van der Waals surface area contributed by atoms with E-state index >= 15 is 0 Å². The van der Waals surface area contributed by atoms with Gasteiger partial charge in [0.05, 0.1) is 17.1 Å². The molecule has 2 heterocycles. The number of aromatic amines is 1. The maximum absolute atomic E-state index is 4.67. The average Bonchev–Trinajstić information content (AvgIpc) is 2.70. The summed E-state index contributed by atoms with van der Waals surface area (Å²) in [7, 11) is 0. The summed E-state index contributed by atoms with van der Waals surface area (Å²) < 4.78 is 0. The van der Waals surface area contributed by atoms with Crippen LogP contribution in [-0.2, 0) is 0 Å². The number of imidazole rings is 1. The molecule has 0 bridgehead atoms. The highest BCUT2D eigenvalue weighted by Crippen LogP contribution is 2.17.